The molecule has 1 aliphatic rings. The Hall–Kier alpha value is -2.02. The molecule has 0 radical (unpaired) electrons. The highest BCUT2D eigenvalue weighted by atomic mass is 32.2. The number of rotatable bonds is 5. The van der Waals surface area contributed by atoms with Crippen molar-refractivity contribution < 1.29 is 4.79 Å². The molecule has 1 unspecified atom stereocenters. The van der Waals surface area contributed by atoms with Gasteiger partial charge in [0.05, 0.1) is 22.5 Å². The number of carbonyl (C=O) groups is 1. The number of thioether (sulfide) groups is 1. The molecule has 1 fully saturated rings. The lowest BCUT2D eigenvalue weighted by atomic mass is 10.2. The minimum atomic E-state index is -0.0522. The number of anilines is 1. The zero-order chi connectivity index (χ0) is 16.2. The Bertz CT molecular complexity index is 669. The van der Waals surface area contributed by atoms with Gasteiger partial charge in [-0.25, -0.2) is 4.98 Å². The molecule has 122 valence electrons. The van der Waals surface area contributed by atoms with E-state index in [0.717, 1.165) is 36.0 Å². The van der Waals surface area contributed by atoms with E-state index in [-0.39, 0.29) is 11.9 Å². The van der Waals surface area contributed by atoms with E-state index in [9.17, 15) is 4.79 Å². The molecular formula is C16H21N5OS. The van der Waals surface area contributed by atoms with Gasteiger partial charge in [-0.15, -0.1) is 11.8 Å². The van der Waals surface area contributed by atoms with Gasteiger partial charge in [0.25, 0.3) is 5.91 Å². The van der Waals surface area contributed by atoms with Crippen molar-refractivity contribution in [1.82, 2.24) is 20.1 Å². The smallest absolute Gasteiger partial charge is 0.253 e. The second-order valence-corrected chi connectivity index (χ2v) is 6.88. The van der Waals surface area contributed by atoms with Crippen molar-refractivity contribution in [3.8, 4) is 0 Å². The fourth-order valence-electron chi connectivity index (χ4n) is 2.70. The normalized spacial score (nSPS) is 17.5. The van der Waals surface area contributed by atoms with E-state index in [4.69, 9.17) is 0 Å². The van der Waals surface area contributed by atoms with Gasteiger partial charge in [0.15, 0.2) is 0 Å². The largest absolute Gasteiger partial charge is 0.367 e. The lowest BCUT2D eigenvalue weighted by molar-refractivity contribution is 0.0940. The van der Waals surface area contributed by atoms with Crippen LogP contribution in [0.1, 0.15) is 23.7 Å². The van der Waals surface area contributed by atoms with E-state index >= 15 is 0 Å². The first-order chi connectivity index (χ1) is 11.2. The van der Waals surface area contributed by atoms with Gasteiger partial charge in [0, 0.05) is 38.6 Å². The molecule has 1 amide bonds. The second kappa shape index (κ2) is 7.04. The number of amides is 1. The van der Waals surface area contributed by atoms with Gasteiger partial charge in [-0.3, -0.25) is 9.48 Å². The maximum absolute atomic E-state index is 12.3. The maximum atomic E-state index is 12.3. The van der Waals surface area contributed by atoms with Gasteiger partial charge < -0.3 is 10.2 Å². The number of aromatic nitrogens is 3. The Labute approximate surface area is 140 Å². The highest BCUT2D eigenvalue weighted by Gasteiger charge is 2.25. The average molecular weight is 331 g/mol. The predicted octanol–water partition coefficient (Wildman–Crippen LogP) is 1.94. The number of pyridine rings is 1. The summed E-state index contributed by atoms with van der Waals surface area (Å²) in [6.45, 7) is 3.83. The highest BCUT2D eigenvalue weighted by Crippen LogP contribution is 2.20. The Balaban J connectivity index is 1.56. The van der Waals surface area contributed by atoms with Crippen molar-refractivity contribution in [3.05, 3.63) is 36.3 Å². The van der Waals surface area contributed by atoms with E-state index < -0.39 is 0 Å². The van der Waals surface area contributed by atoms with Crippen LogP contribution in [0.2, 0.25) is 0 Å². The Morgan fingerprint density at radius 1 is 1.43 bits per heavy atom. The topological polar surface area (TPSA) is 63.1 Å². The fourth-order valence-corrected chi connectivity index (χ4v) is 3.29. The van der Waals surface area contributed by atoms with Crippen LogP contribution in [0.3, 0.4) is 0 Å². The molecule has 23 heavy (non-hydrogen) atoms. The molecule has 1 saturated heterocycles. The Kier molecular flexibility index (Phi) is 4.85. The molecule has 7 heteroatoms. The molecule has 1 N–H and O–H groups in total. The van der Waals surface area contributed by atoms with Gasteiger partial charge in [0.1, 0.15) is 0 Å². The first-order valence-electron chi connectivity index (χ1n) is 7.79. The maximum Gasteiger partial charge on any atom is 0.253 e. The van der Waals surface area contributed by atoms with Crippen LogP contribution in [-0.4, -0.2) is 45.6 Å². The molecule has 1 aliphatic heterocycles. The SMILES string of the molecule is CCSc1ccc(C(=O)NC2CCN(c3cnn(C)c3)C2)cn1. The predicted molar refractivity (Wildman–Crippen MR) is 91.9 cm³/mol. The van der Waals surface area contributed by atoms with Crippen molar-refractivity contribution in [2.24, 2.45) is 7.05 Å². The summed E-state index contributed by atoms with van der Waals surface area (Å²) in [6, 6.07) is 3.90. The van der Waals surface area contributed by atoms with Crippen LogP contribution in [0.4, 0.5) is 5.69 Å². The number of hydrogen-bond donors (Lipinski definition) is 1. The third-order valence-electron chi connectivity index (χ3n) is 3.87. The van der Waals surface area contributed by atoms with Crippen LogP contribution in [0.5, 0.6) is 0 Å². The van der Waals surface area contributed by atoms with Crippen molar-refractivity contribution in [2.45, 2.75) is 24.4 Å². The number of nitrogens with zero attached hydrogens (tertiary/aromatic N) is 4. The van der Waals surface area contributed by atoms with Crippen LogP contribution in [0.15, 0.2) is 35.7 Å². The highest BCUT2D eigenvalue weighted by molar-refractivity contribution is 7.99. The summed E-state index contributed by atoms with van der Waals surface area (Å²) in [7, 11) is 1.91. The lowest BCUT2D eigenvalue weighted by Crippen LogP contribution is -2.37. The third kappa shape index (κ3) is 3.85. The third-order valence-corrected chi connectivity index (χ3v) is 4.70. The average Bonchev–Trinajstić information content (AvgIpc) is 3.17. The van der Waals surface area contributed by atoms with Crippen molar-refractivity contribution in [1.29, 1.82) is 0 Å². The Morgan fingerprint density at radius 3 is 2.96 bits per heavy atom. The molecule has 0 bridgehead atoms. The molecule has 2 aromatic rings. The first-order valence-corrected chi connectivity index (χ1v) is 8.77. The van der Waals surface area contributed by atoms with Crippen LogP contribution < -0.4 is 10.2 Å². The number of aryl methyl sites for hydroxylation is 1. The number of carbonyl (C=O) groups excluding carboxylic acids is 1. The quantitative estimate of drug-likeness (QED) is 0.848. The summed E-state index contributed by atoms with van der Waals surface area (Å²) >= 11 is 1.67. The van der Waals surface area contributed by atoms with E-state index in [0.29, 0.717) is 5.56 Å². The second-order valence-electron chi connectivity index (χ2n) is 5.60. The minimum Gasteiger partial charge on any atom is -0.367 e. The molecule has 0 spiro atoms. The summed E-state index contributed by atoms with van der Waals surface area (Å²) in [5.74, 6) is 0.925. The monoisotopic (exact) mass is 331 g/mol. The fraction of sp³-hybridized carbons (Fsp3) is 0.438. The summed E-state index contributed by atoms with van der Waals surface area (Å²) in [6.07, 6.45) is 6.45. The molecule has 3 heterocycles. The molecule has 6 nitrogen and oxygen atoms in total. The standard InChI is InChI=1S/C16H21N5OS/c1-3-23-15-5-4-12(8-17-15)16(22)19-13-6-7-21(10-13)14-9-18-20(2)11-14/h4-5,8-9,11,13H,3,6-7,10H2,1-2H3,(H,19,22). The first kappa shape index (κ1) is 15.9. The van der Waals surface area contributed by atoms with Crippen LogP contribution in [-0.2, 0) is 7.05 Å². The summed E-state index contributed by atoms with van der Waals surface area (Å²) < 4.78 is 1.79. The minimum absolute atomic E-state index is 0.0522. The zero-order valence-electron chi connectivity index (χ0n) is 13.4. The molecule has 3 rings (SSSR count). The molecule has 1 atom stereocenters. The number of hydrogen-bond acceptors (Lipinski definition) is 5. The zero-order valence-corrected chi connectivity index (χ0v) is 14.2. The summed E-state index contributed by atoms with van der Waals surface area (Å²) in [4.78, 5) is 18.9. The molecule has 2 aromatic heterocycles. The van der Waals surface area contributed by atoms with Crippen LogP contribution in [0.25, 0.3) is 0 Å². The number of nitrogens with one attached hydrogen (secondary N) is 1. The lowest BCUT2D eigenvalue weighted by Gasteiger charge is -2.16. The van der Waals surface area contributed by atoms with Gasteiger partial charge in [-0.05, 0) is 24.3 Å². The van der Waals surface area contributed by atoms with E-state index in [1.165, 1.54) is 0 Å². The molecule has 0 aliphatic carbocycles. The van der Waals surface area contributed by atoms with Crippen LogP contribution in [0, 0.1) is 0 Å². The van der Waals surface area contributed by atoms with Gasteiger partial charge in [-0.1, -0.05) is 6.92 Å². The van der Waals surface area contributed by atoms with Crippen LogP contribution >= 0.6 is 11.8 Å². The molecule has 0 aromatic carbocycles. The van der Waals surface area contributed by atoms with E-state index in [1.54, 1.807) is 22.6 Å². The molecule has 0 saturated carbocycles. The van der Waals surface area contributed by atoms with Gasteiger partial charge in [-0.2, -0.15) is 5.10 Å². The van der Waals surface area contributed by atoms with Gasteiger partial charge in [0.2, 0.25) is 0 Å². The molecular weight excluding hydrogens is 310 g/mol. The summed E-state index contributed by atoms with van der Waals surface area (Å²) in [5.41, 5.74) is 1.72. The van der Waals surface area contributed by atoms with E-state index in [2.05, 4.69) is 27.2 Å². The van der Waals surface area contributed by atoms with Crippen molar-refractivity contribution in [2.75, 3.05) is 23.7 Å². The van der Waals surface area contributed by atoms with Gasteiger partial charge >= 0.3 is 0 Å². The van der Waals surface area contributed by atoms with Crippen molar-refractivity contribution in [3.63, 3.8) is 0 Å². The summed E-state index contributed by atoms with van der Waals surface area (Å²) in [5, 5.41) is 8.25. The Morgan fingerprint density at radius 2 is 2.30 bits per heavy atom. The van der Waals surface area contributed by atoms with E-state index in [1.807, 2.05) is 31.6 Å². The van der Waals surface area contributed by atoms with Crippen molar-refractivity contribution >= 4 is 23.4 Å².